The van der Waals surface area contributed by atoms with Crippen LogP contribution in [0.2, 0.25) is 0 Å². The molecule has 1 unspecified atom stereocenters. The molecule has 3 heterocycles. The fraction of sp³-hybridized carbons (Fsp3) is 0.167. The lowest BCUT2D eigenvalue weighted by atomic mass is 9.81. The smallest absolute Gasteiger partial charge is 0.491 e. The molecule has 0 aliphatic carbocycles. The van der Waals surface area contributed by atoms with Gasteiger partial charge in [-0.3, -0.25) is 19.6 Å². The summed E-state index contributed by atoms with van der Waals surface area (Å²) in [4.78, 5) is 43.1. The van der Waals surface area contributed by atoms with Crippen molar-refractivity contribution in [1.29, 1.82) is 0 Å². The maximum absolute atomic E-state index is 14.8. The van der Waals surface area contributed by atoms with Crippen LogP contribution < -0.4 is 19.5 Å². The summed E-state index contributed by atoms with van der Waals surface area (Å²) in [5, 5.41) is 9.88. The number of carbonyl (C=O) groups is 3. The van der Waals surface area contributed by atoms with Crippen molar-refractivity contribution < 1.29 is 68.1 Å². The minimum absolute atomic E-state index is 0.0134. The number of alkyl halides is 6. The third kappa shape index (κ3) is 8.81. The van der Waals surface area contributed by atoms with Gasteiger partial charge in [0.2, 0.25) is 0 Å². The predicted molar refractivity (Wildman–Crippen MR) is 155 cm³/mol. The molecule has 1 aliphatic heterocycles. The van der Waals surface area contributed by atoms with Crippen LogP contribution in [-0.4, -0.2) is 60.4 Å². The fourth-order valence-corrected chi connectivity index (χ4v) is 5.46. The van der Waals surface area contributed by atoms with E-state index in [0.717, 1.165) is 18.3 Å². The van der Waals surface area contributed by atoms with Gasteiger partial charge >= 0.3 is 18.5 Å². The molecule has 0 fully saturated rings. The molecular formula is C30H21F7N4O8S. The summed E-state index contributed by atoms with van der Waals surface area (Å²) in [5.41, 5.74) is -1.71. The Morgan fingerprint density at radius 2 is 1.58 bits per heavy atom. The van der Waals surface area contributed by atoms with Crippen molar-refractivity contribution in [3.8, 4) is 11.5 Å². The van der Waals surface area contributed by atoms with Gasteiger partial charge in [0.05, 0.1) is 17.1 Å². The van der Waals surface area contributed by atoms with Crippen LogP contribution in [0.3, 0.4) is 0 Å². The van der Waals surface area contributed by atoms with Crippen molar-refractivity contribution in [3.63, 3.8) is 0 Å². The van der Waals surface area contributed by atoms with E-state index in [-0.39, 0.29) is 46.2 Å². The number of aliphatic carboxylic acids is 1. The third-order valence-electron chi connectivity index (χ3n) is 6.67. The lowest BCUT2D eigenvalue weighted by molar-refractivity contribution is -0.275. The molecule has 0 saturated heterocycles. The van der Waals surface area contributed by atoms with Gasteiger partial charge in [0.1, 0.15) is 22.7 Å². The Kier molecular flexibility index (Phi) is 10.6. The van der Waals surface area contributed by atoms with Gasteiger partial charge in [-0.05, 0) is 54.1 Å². The summed E-state index contributed by atoms with van der Waals surface area (Å²) in [6, 6.07) is 15.5. The number of ether oxygens (including phenoxy) is 2. The van der Waals surface area contributed by atoms with E-state index in [4.69, 9.17) is 14.6 Å². The number of hydrogen-bond acceptors (Lipinski definition) is 9. The number of pyridine rings is 2. The van der Waals surface area contributed by atoms with Gasteiger partial charge in [0.25, 0.3) is 21.8 Å². The molecule has 2 aromatic carbocycles. The summed E-state index contributed by atoms with van der Waals surface area (Å²) in [7, 11) is -4.16. The minimum atomic E-state index is -5.12. The normalized spacial score (nSPS) is 15.7. The molecule has 50 heavy (non-hydrogen) atoms. The number of amides is 2. The van der Waals surface area contributed by atoms with Crippen molar-refractivity contribution in [1.82, 2.24) is 20.0 Å². The van der Waals surface area contributed by atoms with Gasteiger partial charge in [0.15, 0.2) is 11.6 Å². The third-order valence-corrected chi connectivity index (χ3v) is 8.02. The zero-order chi connectivity index (χ0) is 36.9. The van der Waals surface area contributed by atoms with E-state index in [9.17, 15) is 48.7 Å². The number of halogens is 7. The highest BCUT2D eigenvalue weighted by Crippen LogP contribution is 2.42. The first-order chi connectivity index (χ1) is 23.3. The van der Waals surface area contributed by atoms with Crippen molar-refractivity contribution in [2.75, 3.05) is 6.61 Å². The number of aromatic nitrogens is 2. The summed E-state index contributed by atoms with van der Waals surface area (Å²) in [5.74, 6) is -6.68. The average Bonchev–Trinajstić information content (AvgIpc) is 3.05. The van der Waals surface area contributed by atoms with E-state index in [0.29, 0.717) is 0 Å². The molecule has 2 amide bonds. The van der Waals surface area contributed by atoms with E-state index in [1.54, 1.807) is 18.2 Å². The number of nitrogens with one attached hydrogen (secondary N) is 2. The molecule has 0 bridgehead atoms. The second-order valence-electron chi connectivity index (χ2n) is 9.98. The first-order valence-electron chi connectivity index (χ1n) is 13.7. The maximum atomic E-state index is 14.8. The SMILES string of the molecule is O=C(NS(=O)(=O)c1ccccc1)c1ccc(C(=O)NC2(c3ccc(OC(F)(F)F)c(F)c3)CCOc3cccnc32)nc1.O=C(O)C(F)(F)F. The Bertz CT molecular complexity index is 2000. The first-order valence-corrected chi connectivity index (χ1v) is 15.2. The minimum Gasteiger partial charge on any atom is -0.491 e. The monoisotopic (exact) mass is 730 g/mol. The summed E-state index contributed by atoms with van der Waals surface area (Å²) < 4.78 is 121. The van der Waals surface area contributed by atoms with Gasteiger partial charge in [-0.25, -0.2) is 22.3 Å². The predicted octanol–water partition coefficient (Wildman–Crippen LogP) is 4.72. The number of carboxylic acid groups (broad SMARTS) is 1. The number of carbonyl (C=O) groups excluding carboxylic acids is 2. The van der Waals surface area contributed by atoms with Crippen LogP contribution in [0, 0.1) is 5.82 Å². The van der Waals surface area contributed by atoms with Crippen LogP contribution in [0.5, 0.6) is 11.5 Å². The molecular weight excluding hydrogens is 709 g/mol. The molecule has 20 heteroatoms. The molecule has 0 radical (unpaired) electrons. The van der Waals surface area contributed by atoms with Crippen LogP contribution in [0.15, 0.2) is 90.1 Å². The van der Waals surface area contributed by atoms with Gasteiger partial charge in [-0.1, -0.05) is 24.3 Å². The fourth-order valence-electron chi connectivity index (χ4n) is 4.47. The van der Waals surface area contributed by atoms with E-state index < -0.39 is 57.5 Å². The summed E-state index contributed by atoms with van der Waals surface area (Å²) in [6.07, 6.45) is -7.79. The Morgan fingerprint density at radius 3 is 2.16 bits per heavy atom. The lowest BCUT2D eigenvalue weighted by Crippen LogP contribution is -2.50. The molecule has 1 aliphatic rings. The van der Waals surface area contributed by atoms with Gasteiger partial charge in [-0.2, -0.15) is 13.2 Å². The van der Waals surface area contributed by atoms with Crippen LogP contribution >= 0.6 is 0 Å². The van der Waals surface area contributed by atoms with Gasteiger partial charge < -0.3 is 19.9 Å². The molecule has 12 nitrogen and oxygen atoms in total. The lowest BCUT2D eigenvalue weighted by Gasteiger charge is -2.39. The number of sulfonamides is 1. The number of rotatable bonds is 7. The van der Waals surface area contributed by atoms with E-state index in [2.05, 4.69) is 20.0 Å². The van der Waals surface area contributed by atoms with Crippen molar-refractivity contribution in [2.24, 2.45) is 0 Å². The molecule has 264 valence electrons. The van der Waals surface area contributed by atoms with E-state index >= 15 is 0 Å². The molecule has 5 rings (SSSR count). The number of hydrogen-bond donors (Lipinski definition) is 3. The zero-order valence-corrected chi connectivity index (χ0v) is 25.6. The molecule has 4 aromatic rings. The Hall–Kier alpha value is -5.79. The summed E-state index contributed by atoms with van der Waals surface area (Å²) >= 11 is 0. The standard InChI is InChI=1S/C28H20F4N4O6S.C2HF3O2/c29-20-15-18(9-11-22(20)42-28(30,31)32)27(12-14-41-23-7-4-13-33-24(23)27)35-26(38)21-10-8-17(16-34-21)25(37)36-43(39,40)19-5-2-1-3-6-19;3-2(4,5)1(6)7/h1-11,13,15-16H,12,14H2,(H,35,38)(H,36,37);(H,6,7). The summed E-state index contributed by atoms with van der Waals surface area (Å²) in [6.45, 7) is 0.0316. The van der Waals surface area contributed by atoms with Crippen LogP contribution in [0.4, 0.5) is 30.7 Å². The average molecular weight is 731 g/mol. The highest BCUT2D eigenvalue weighted by molar-refractivity contribution is 7.90. The Labute approximate surface area is 276 Å². The Balaban J connectivity index is 0.000000727. The van der Waals surface area contributed by atoms with Crippen molar-refractivity contribution >= 4 is 27.8 Å². The van der Waals surface area contributed by atoms with Crippen LogP contribution in [-0.2, 0) is 20.4 Å². The maximum Gasteiger partial charge on any atom is 0.573 e. The van der Waals surface area contributed by atoms with E-state index in [1.165, 1.54) is 48.7 Å². The molecule has 1 atom stereocenters. The first kappa shape index (κ1) is 37.0. The largest absolute Gasteiger partial charge is 0.573 e. The number of fused-ring (bicyclic) bond motifs is 1. The van der Waals surface area contributed by atoms with E-state index in [1.807, 2.05) is 4.72 Å². The number of benzene rings is 2. The molecule has 3 N–H and O–H groups in total. The van der Waals surface area contributed by atoms with Crippen LogP contribution in [0.25, 0.3) is 0 Å². The van der Waals surface area contributed by atoms with Gasteiger partial charge in [-0.15, -0.1) is 13.2 Å². The molecule has 0 saturated carbocycles. The number of carboxylic acids is 1. The van der Waals surface area contributed by atoms with Crippen molar-refractivity contribution in [3.05, 3.63) is 114 Å². The quantitative estimate of drug-likeness (QED) is 0.226. The second-order valence-corrected chi connectivity index (χ2v) is 11.7. The van der Waals surface area contributed by atoms with Crippen LogP contribution in [0.1, 0.15) is 38.5 Å². The Morgan fingerprint density at radius 1 is 0.900 bits per heavy atom. The van der Waals surface area contributed by atoms with Crippen molar-refractivity contribution in [2.45, 2.75) is 29.4 Å². The highest BCUT2D eigenvalue weighted by Gasteiger charge is 2.44. The number of nitrogens with zero attached hydrogens (tertiary/aromatic N) is 2. The molecule has 2 aromatic heterocycles. The highest BCUT2D eigenvalue weighted by atomic mass is 32.2. The second kappa shape index (κ2) is 14.4. The topological polar surface area (TPSA) is 174 Å². The van der Waals surface area contributed by atoms with Gasteiger partial charge in [0, 0.05) is 18.8 Å². The molecule has 0 spiro atoms. The zero-order valence-electron chi connectivity index (χ0n) is 24.8.